The number of carbonyl (C=O) groups is 2. The number of rotatable bonds is 8. The number of fused-ring (bicyclic) bond motifs is 1. The Labute approximate surface area is 175 Å². The number of ketones is 1. The smallest absolute Gasteiger partial charge is 0.338 e. The van der Waals surface area contributed by atoms with Crippen LogP contribution in [-0.2, 0) is 27.6 Å². The lowest BCUT2D eigenvalue weighted by molar-refractivity contribution is 0.0474. The van der Waals surface area contributed by atoms with Crippen LogP contribution in [0.4, 0.5) is 4.39 Å². The summed E-state index contributed by atoms with van der Waals surface area (Å²) in [5.41, 5.74) is 2.70. The molecule has 0 aliphatic heterocycles. The molecular weight excluding hydrogens is 409 g/mol. The molecule has 0 N–H and O–H groups in total. The fraction of sp³-hybridized carbons (Fsp3) is 0.364. The van der Waals surface area contributed by atoms with Crippen molar-refractivity contribution >= 4 is 21.8 Å². The molecule has 160 valence electrons. The van der Waals surface area contributed by atoms with E-state index in [-0.39, 0.29) is 24.4 Å². The molecule has 6 nitrogen and oxygen atoms in total. The summed E-state index contributed by atoms with van der Waals surface area (Å²) in [5, 5.41) is 0. The van der Waals surface area contributed by atoms with Crippen LogP contribution in [0.15, 0.2) is 41.3 Å². The molecule has 0 amide bonds. The van der Waals surface area contributed by atoms with Crippen molar-refractivity contribution in [2.24, 2.45) is 0 Å². The van der Waals surface area contributed by atoms with Crippen LogP contribution in [0.25, 0.3) is 0 Å². The van der Waals surface area contributed by atoms with E-state index in [2.05, 4.69) is 0 Å². The lowest BCUT2D eigenvalue weighted by atomic mass is 10.0. The van der Waals surface area contributed by atoms with Gasteiger partial charge in [0.25, 0.3) is 0 Å². The molecule has 0 saturated carbocycles. The third-order valence-electron chi connectivity index (χ3n) is 5.24. The van der Waals surface area contributed by atoms with E-state index in [0.29, 0.717) is 5.56 Å². The van der Waals surface area contributed by atoms with Gasteiger partial charge >= 0.3 is 5.97 Å². The number of hydrogen-bond donors (Lipinski definition) is 0. The second kappa shape index (κ2) is 9.06. The van der Waals surface area contributed by atoms with E-state index in [1.54, 1.807) is 19.9 Å². The van der Waals surface area contributed by atoms with E-state index in [0.717, 1.165) is 47.3 Å². The number of benzene rings is 2. The Kier molecular flexibility index (Phi) is 6.67. The van der Waals surface area contributed by atoms with Crippen LogP contribution in [-0.4, -0.2) is 44.2 Å². The van der Waals surface area contributed by atoms with Gasteiger partial charge in [-0.05, 0) is 54.7 Å². The van der Waals surface area contributed by atoms with Crippen molar-refractivity contribution in [3.63, 3.8) is 0 Å². The zero-order chi connectivity index (χ0) is 21.9. The number of esters is 1. The van der Waals surface area contributed by atoms with Crippen molar-refractivity contribution in [2.75, 3.05) is 19.7 Å². The highest BCUT2D eigenvalue weighted by Crippen LogP contribution is 2.24. The molecule has 1 aliphatic rings. The molecule has 0 radical (unpaired) electrons. The fourth-order valence-corrected chi connectivity index (χ4v) is 5.12. The summed E-state index contributed by atoms with van der Waals surface area (Å²) in [6, 6.07) is 8.46. The summed E-state index contributed by atoms with van der Waals surface area (Å²) in [6.07, 6.45) is 2.99. The molecule has 0 fully saturated rings. The first-order valence-corrected chi connectivity index (χ1v) is 11.3. The summed E-state index contributed by atoms with van der Waals surface area (Å²) in [6.45, 7) is 3.14. The summed E-state index contributed by atoms with van der Waals surface area (Å²) in [4.78, 5) is 24.2. The SMILES string of the molecule is CCN(CC)S(=O)(=O)c1cc(C(=O)OCC(=O)c2ccc3c(c2)CCC3)ccc1F. The molecule has 0 heterocycles. The first-order chi connectivity index (χ1) is 14.3. The Morgan fingerprint density at radius 3 is 2.37 bits per heavy atom. The molecule has 8 heteroatoms. The number of sulfonamides is 1. The molecular formula is C22H24FNO5S. The number of nitrogens with zero attached hydrogens (tertiary/aromatic N) is 1. The van der Waals surface area contributed by atoms with Gasteiger partial charge in [-0.15, -0.1) is 0 Å². The van der Waals surface area contributed by atoms with Crippen LogP contribution in [0.2, 0.25) is 0 Å². The summed E-state index contributed by atoms with van der Waals surface area (Å²) in [5.74, 6) is -2.19. The van der Waals surface area contributed by atoms with Gasteiger partial charge in [-0.1, -0.05) is 26.0 Å². The maximum absolute atomic E-state index is 14.2. The molecule has 0 aromatic heterocycles. The maximum Gasteiger partial charge on any atom is 0.338 e. The number of hydrogen-bond acceptors (Lipinski definition) is 5. The van der Waals surface area contributed by atoms with Crippen molar-refractivity contribution in [1.29, 1.82) is 0 Å². The predicted molar refractivity (Wildman–Crippen MR) is 110 cm³/mol. The van der Waals surface area contributed by atoms with E-state index < -0.39 is 33.3 Å². The van der Waals surface area contributed by atoms with Crippen LogP contribution < -0.4 is 0 Å². The maximum atomic E-state index is 14.2. The standard InChI is InChI=1S/C22H24FNO5S/c1-3-24(4-2)30(27,28)21-13-18(10-11-19(21)23)22(26)29-14-20(25)17-9-8-15-6-5-7-16(15)12-17/h8-13H,3-7,14H2,1-2H3. The lowest BCUT2D eigenvalue weighted by Crippen LogP contribution is -2.31. The van der Waals surface area contributed by atoms with Gasteiger partial charge in [0.05, 0.1) is 5.56 Å². The van der Waals surface area contributed by atoms with Gasteiger partial charge in [0, 0.05) is 18.7 Å². The molecule has 30 heavy (non-hydrogen) atoms. The number of halogens is 1. The highest BCUT2D eigenvalue weighted by atomic mass is 32.2. The molecule has 0 unspecified atom stereocenters. The number of ether oxygens (including phenoxy) is 1. The third-order valence-corrected chi connectivity index (χ3v) is 7.31. The Morgan fingerprint density at radius 2 is 1.67 bits per heavy atom. The fourth-order valence-electron chi connectivity index (χ4n) is 3.57. The van der Waals surface area contributed by atoms with Gasteiger partial charge in [-0.2, -0.15) is 4.31 Å². The molecule has 0 atom stereocenters. The highest BCUT2D eigenvalue weighted by molar-refractivity contribution is 7.89. The molecule has 2 aromatic carbocycles. The minimum absolute atomic E-state index is 0.135. The average Bonchev–Trinajstić information content (AvgIpc) is 3.20. The summed E-state index contributed by atoms with van der Waals surface area (Å²) >= 11 is 0. The number of carbonyl (C=O) groups excluding carboxylic acids is 2. The lowest BCUT2D eigenvalue weighted by Gasteiger charge is -2.19. The second-order valence-corrected chi connectivity index (χ2v) is 8.98. The van der Waals surface area contributed by atoms with E-state index in [4.69, 9.17) is 4.74 Å². The van der Waals surface area contributed by atoms with Crippen LogP contribution >= 0.6 is 0 Å². The van der Waals surface area contributed by atoms with E-state index in [9.17, 15) is 22.4 Å². The van der Waals surface area contributed by atoms with Gasteiger partial charge in [0.2, 0.25) is 10.0 Å². The minimum Gasteiger partial charge on any atom is -0.454 e. The third kappa shape index (κ3) is 4.44. The molecule has 0 bridgehead atoms. The monoisotopic (exact) mass is 433 g/mol. The molecule has 0 saturated heterocycles. The van der Waals surface area contributed by atoms with Gasteiger partial charge < -0.3 is 4.74 Å². The van der Waals surface area contributed by atoms with Gasteiger partial charge in [-0.3, -0.25) is 4.79 Å². The van der Waals surface area contributed by atoms with Gasteiger partial charge in [-0.25, -0.2) is 17.6 Å². The van der Waals surface area contributed by atoms with Crippen LogP contribution in [0, 0.1) is 5.82 Å². The topological polar surface area (TPSA) is 80.8 Å². The predicted octanol–water partition coefficient (Wildman–Crippen LogP) is 3.38. The van der Waals surface area contributed by atoms with E-state index in [1.807, 2.05) is 12.1 Å². The van der Waals surface area contributed by atoms with Gasteiger partial charge in [0.15, 0.2) is 12.4 Å². The molecule has 0 spiro atoms. The minimum atomic E-state index is -4.08. The van der Waals surface area contributed by atoms with E-state index >= 15 is 0 Å². The Bertz CT molecular complexity index is 1080. The first kappa shape index (κ1) is 22.1. The Hall–Kier alpha value is -2.58. The highest BCUT2D eigenvalue weighted by Gasteiger charge is 2.27. The number of Topliss-reactive ketones (excluding diaryl/α,β-unsaturated/α-hetero) is 1. The van der Waals surface area contributed by atoms with Crippen molar-refractivity contribution in [2.45, 2.75) is 38.0 Å². The van der Waals surface area contributed by atoms with Crippen molar-refractivity contribution < 1.29 is 27.1 Å². The Morgan fingerprint density at radius 1 is 1.00 bits per heavy atom. The summed E-state index contributed by atoms with van der Waals surface area (Å²) < 4.78 is 45.6. The van der Waals surface area contributed by atoms with Gasteiger partial charge in [0.1, 0.15) is 10.7 Å². The van der Waals surface area contributed by atoms with Crippen molar-refractivity contribution in [3.8, 4) is 0 Å². The van der Waals surface area contributed by atoms with E-state index in [1.165, 1.54) is 5.56 Å². The molecule has 3 rings (SSSR count). The molecule has 1 aliphatic carbocycles. The summed E-state index contributed by atoms with van der Waals surface area (Å²) in [7, 11) is -4.08. The first-order valence-electron chi connectivity index (χ1n) is 9.89. The van der Waals surface area contributed by atoms with Crippen molar-refractivity contribution in [1.82, 2.24) is 4.31 Å². The average molecular weight is 434 g/mol. The number of aryl methyl sites for hydroxylation is 2. The Balaban J connectivity index is 1.74. The van der Waals surface area contributed by atoms with Crippen molar-refractivity contribution in [3.05, 3.63) is 64.5 Å². The second-order valence-electron chi connectivity index (χ2n) is 7.07. The zero-order valence-electron chi connectivity index (χ0n) is 17.0. The quantitative estimate of drug-likeness (QED) is 0.471. The molecule has 2 aromatic rings. The zero-order valence-corrected chi connectivity index (χ0v) is 17.8. The largest absolute Gasteiger partial charge is 0.454 e. The van der Waals surface area contributed by atoms with Crippen LogP contribution in [0.3, 0.4) is 0 Å². The van der Waals surface area contributed by atoms with Crippen LogP contribution in [0.1, 0.15) is 52.1 Å². The van der Waals surface area contributed by atoms with Crippen LogP contribution in [0.5, 0.6) is 0 Å². The normalized spacial score (nSPS) is 13.3.